The molecule has 2 aromatic rings. The summed E-state index contributed by atoms with van der Waals surface area (Å²) in [6.45, 7) is 0. The van der Waals surface area contributed by atoms with Gasteiger partial charge in [0.25, 0.3) is 0 Å². The highest BCUT2D eigenvalue weighted by atomic mass is 35.5. The number of alkyl halides is 3. The van der Waals surface area contributed by atoms with Crippen molar-refractivity contribution in [3.8, 4) is 5.75 Å². The van der Waals surface area contributed by atoms with Crippen molar-refractivity contribution >= 4 is 23.2 Å². The Morgan fingerprint density at radius 1 is 1.04 bits per heavy atom. The highest BCUT2D eigenvalue weighted by molar-refractivity contribution is 6.30. The number of amides is 1. The van der Waals surface area contributed by atoms with E-state index in [1.165, 1.54) is 12.1 Å². The summed E-state index contributed by atoms with van der Waals surface area (Å²) < 4.78 is 40.2. The minimum absolute atomic E-state index is 0.186. The molecule has 0 bridgehead atoms. The number of carbonyl (C=O) groups excluding carboxylic acids is 1. The molecule has 1 aliphatic carbocycles. The summed E-state index contributed by atoms with van der Waals surface area (Å²) in [5.74, 6) is -0.520. The fourth-order valence-electron chi connectivity index (χ4n) is 2.53. The third-order valence-electron chi connectivity index (χ3n) is 3.93. The van der Waals surface area contributed by atoms with Gasteiger partial charge in [0, 0.05) is 10.7 Å². The largest absolute Gasteiger partial charge is 0.573 e. The minimum Gasteiger partial charge on any atom is -0.406 e. The van der Waals surface area contributed by atoms with Crippen LogP contribution in [0.3, 0.4) is 0 Å². The second-order valence-corrected chi connectivity index (χ2v) is 6.05. The van der Waals surface area contributed by atoms with Crippen molar-refractivity contribution < 1.29 is 22.7 Å². The lowest BCUT2D eigenvalue weighted by Gasteiger charge is -2.16. The number of hydrogen-bond acceptors (Lipinski definition) is 2. The molecule has 126 valence electrons. The van der Waals surface area contributed by atoms with Crippen LogP contribution >= 0.6 is 11.6 Å². The Bertz CT molecular complexity index is 738. The molecule has 0 saturated heterocycles. The number of ether oxygens (including phenoxy) is 1. The summed E-state index contributed by atoms with van der Waals surface area (Å²) in [4.78, 5) is 12.5. The van der Waals surface area contributed by atoms with Gasteiger partial charge in [-0.1, -0.05) is 23.7 Å². The first-order chi connectivity index (χ1) is 11.3. The molecule has 0 unspecified atom stereocenters. The first-order valence-corrected chi connectivity index (χ1v) is 7.60. The van der Waals surface area contributed by atoms with Gasteiger partial charge in [0.15, 0.2) is 0 Å². The van der Waals surface area contributed by atoms with Gasteiger partial charge < -0.3 is 10.1 Å². The van der Waals surface area contributed by atoms with Crippen LogP contribution in [-0.2, 0) is 10.2 Å². The van der Waals surface area contributed by atoms with Crippen LogP contribution in [0, 0.1) is 0 Å². The highest BCUT2D eigenvalue weighted by Gasteiger charge is 2.51. The molecule has 1 aliphatic rings. The molecule has 1 saturated carbocycles. The average molecular weight is 356 g/mol. The number of nitrogens with one attached hydrogen (secondary N) is 1. The number of anilines is 1. The Hall–Kier alpha value is -2.21. The number of carbonyl (C=O) groups is 1. The summed E-state index contributed by atoms with van der Waals surface area (Å²) in [6, 6.07) is 12.1. The molecule has 0 heterocycles. The summed E-state index contributed by atoms with van der Waals surface area (Å²) >= 11 is 5.86. The molecule has 1 N–H and O–H groups in total. The zero-order chi connectivity index (χ0) is 17.4. The normalized spacial score (nSPS) is 15.7. The second kappa shape index (κ2) is 6.02. The van der Waals surface area contributed by atoms with Gasteiger partial charge >= 0.3 is 6.36 Å². The zero-order valence-electron chi connectivity index (χ0n) is 12.4. The lowest BCUT2D eigenvalue weighted by atomic mass is 9.95. The predicted molar refractivity (Wildman–Crippen MR) is 84.1 cm³/mol. The Morgan fingerprint density at radius 3 is 2.12 bits per heavy atom. The smallest absolute Gasteiger partial charge is 0.406 e. The quantitative estimate of drug-likeness (QED) is 0.846. The van der Waals surface area contributed by atoms with Crippen molar-refractivity contribution in [2.75, 3.05) is 5.32 Å². The Balaban J connectivity index is 1.70. The third kappa shape index (κ3) is 3.64. The lowest BCUT2D eigenvalue weighted by Crippen LogP contribution is -2.27. The topological polar surface area (TPSA) is 38.3 Å². The lowest BCUT2D eigenvalue weighted by molar-refractivity contribution is -0.274. The van der Waals surface area contributed by atoms with Gasteiger partial charge in [0.1, 0.15) is 5.75 Å². The maximum absolute atomic E-state index is 12.5. The Labute approximate surface area is 141 Å². The fourth-order valence-corrected chi connectivity index (χ4v) is 2.66. The van der Waals surface area contributed by atoms with E-state index >= 15 is 0 Å². The number of hydrogen-bond donors (Lipinski definition) is 1. The van der Waals surface area contributed by atoms with Gasteiger partial charge in [-0.2, -0.15) is 0 Å². The number of halogens is 4. The maximum atomic E-state index is 12.5. The zero-order valence-corrected chi connectivity index (χ0v) is 13.1. The summed E-state index contributed by atoms with van der Waals surface area (Å²) in [7, 11) is 0. The molecule has 1 fully saturated rings. The SMILES string of the molecule is O=C(Nc1ccc(OC(F)(F)F)cc1)C1(c2ccc(Cl)cc2)CC1. The number of benzene rings is 2. The van der Waals surface area contributed by atoms with Crippen LogP contribution in [0.2, 0.25) is 5.02 Å². The first-order valence-electron chi connectivity index (χ1n) is 7.22. The molecule has 1 amide bonds. The molecule has 0 radical (unpaired) electrons. The van der Waals surface area contributed by atoms with E-state index in [4.69, 9.17) is 11.6 Å². The molecule has 3 rings (SSSR count). The van der Waals surface area contributed by atoms with E-state index in [0.717, 1.165) is 30.5 Å². The van der Waals surface area contributed by atoms with Crippen molar-refractivity contribution in [2.45, 2.75) is 24.6 Å². The fraction of sp³-hybridized carbons (Fsp3) is 0.235. The summed E-state index contributed by atoms with van der Waals surface area (Å²) in [6.07, 6.45) is -3.30. The Morgan fingerprint density at radius 2 is 1.62 bits per heavy atom. The van der Waals surface area contributed by atoms with Gasteiger partial charge in [-0.05, 0) is 54.8 Å². The van der Waals surface area contributed by atoms with Crippen LogP contribution in [0.4, 0.5) is 18.9 Å². The van der Waals surface area contributed by atoms with Gasteiger partial charge in [-0.25, -0.2) is 0 Å². The Kier molecular flexibility index (Phi) is 4.17. The van der Waals surface area contributed by atoms with E-state index in [2.05, 4.69) is 10.1 Å². The van der Waals surface area contributed by atoms with Crippen LogP contribution in [0.25, 0.3) is 0 Å². The van der Waals surface area contributed by atoms with Gasteiger partial charge in [0.2, 0.25) is 5.91 Å². The molecule has 2 aromatic carbocycles. The predicted octanol–water partition coefficient (Wildman–Crippen LogP) is 4.91. The molecule has 24 heavy (non-hydrogen) atoms. The van der Waals surface area contributed by atoms with Crippen molar-refractivity contribution in [1.29, 1.82) is 0 Å². The maximum Gasteiger partial charge on any atom is 0.573 e. The van der Waals surface area contributed by atoms with E-state index in [1.807, 2.05) is 12.1 Å². The van der Waals surface area contributed by atoms with E-state index in [0.29, 0.717) is 10.7 Å². The molecule has 0 spiro atoms. The van der Waals surface area contributed by atoms with Gasteiger partial charge in [0.05, 0.1) is 5.41 Å². The monoisotopic (exact) mass is 355 g/mol. The van der Waals surface area contributed by atoms with Crippen molar-refractivity contribution in [2.24, 2.45) is 0 Å². The average Bonchev–Trinajstić information content (AvgIpc) is 3.30. The van der Waals surface area contributed by atoms with Crippen molar-refractivity contribution in [3.63, 3.8) is 0 Å². The van der Waals surface area contributed by atoms with E-state index < -0.39 is 11.8 Å². The van der Waals surface area contributed by atoms with Crippen LogP contribution in [0.15, 0.2) is 48.5 Å². The first kappa shape index (κ1) is 16.6. The molecule has 7 heteroatoms. The van der Waals surface area contributed by atoms with E-state index in [1.54, 1.807) is 12.1 Å². The third-order valence-corrected chi connectivity index (χ3v) is 4.18. The second-order valence-electron chi connectivity index (χ2n) is 5.62. The number of rotatable bonds is 4. The molecule has 0 aromatic heterocycles. The van der Waals surface area contributed by atoms with Gasteiger partial charge in [-0.3, -0.25) is 4.79 Å². The van der Waals surface area contributed by atoms with Crippen LogP contribution in [-0.4, -0.2) is 12.3 Å². The van der Waals surface area contributed by atoms with Gasteiger partial charge in [-0.15, -0.1) is 13.2 Å². The highest BCUT2D eigenvalue weighted by Crippen LogP contribution is 2.49. The van der Waals surface area contributed by atoms with Crippen molar-refractivity contribution in [1.82, 2.24) is 0 Å². The standard InChI is InChI=1S/C17H13ClF3NO2/c18-12-3-1-11(2-4-12)16(9-10-16)15(23)22-13-5-7-14(8-6-13)24-17(19,20)21/h1-8H,9-10H2,(H,22,23). The van der Waals surface area contributed by atoms with E-state index in [-0.39, 0.29) is 11.7 Å². The summed E-state index contributed by atoms with van der Waals surface area (Å²) in [5, 5.41) is 3.33. The van der Waals surface area contributed by atoms with Crippen LogP contribution in [0.5, 0.6) is 5.75 Å². The summed E-state index contributed by atoms with van der Waals surface area (Å²) in [5.41, 5.74) is 0.697. The van der Waals surface area contributed by atoms with Crippen LogP contribution < -0.4 is 10.1 Å². The molecule has 3 nitrogen and oxygen atoms in total. The molecule has 0 atom stereocenters. The molecule has 0 aliphatic heterocycles. The van der Waals surface area contributed by atoms with Crippen molar-refractivity contribution in [3.05, 3.63) is 59.1 Å². The van der Waals surface area contributed by atoms with E-state index in [9.17, 15) is 18.0 Å². The molecular formula is C17H13ClF3NO2. The van der Waals surface area contributed by atoms with Crippen LogP contribution in [0.1, 0.15) is 18.4 Å². The molecular weight excluding hydrogens is 343 g/mol. The minimum atomic E-state index is -4.74.